The Morgan fingerprint density at radius 3 is 2.38 bits per heavy atom. The van der Waals surface area contributed by atoms with E-state index in [4.69, 9.17) is 4.98 Å². The molecule has 0 spiro atoms. The molecule has 1 aliphatic rings. The Bertz CT molecular complexity index is 1680. The molecular weight excluding hydrogens is 490 g/mol. The number of Topliss-reactive ketones (excluding diaryl/α,β-unsaturated/α-hetero) is 1. The molecule has 0 aliphatic carbocycles. The molecule has 0 atom stereocenters. The Morgan fingerprint density at radius 2 is 1.74 bits per heavy atom. The van der Waals surface area contributed by atoms with Crippen molar-refractivity contribution < 1.29 is 9.59 Å². The van der Waals surface area contributed by atoms with Gasteiger partial charge in [-0.15, -0.1) is 0 Å². The van der Waals surface area contributed by atoms with Crippen LogP contribution in [0, 0.1) is 13.8 Å². The van der Waals surface area contributed by atoms with Gasteiger partial charge >= 0.3 is 0 Å². The average Bonchev–Trinajstić information content (AvgIpc) is 3.59. The van der Waals surface area contributed by atoms with Gasteiger partial charge in [-0.25, -0.2) is 9.50 Å². The van der Waals surface area contributed by atoms with E-state index in [1.54, 1.807) is 23.7 Å². The highest BCUT2D eigenvalue weighted by molar-refractivity contribution is 5.97. The Labute approximate surface area is 225 Å². The summed E-state index contributed by atoms with van der Waals surface area (Å²) < 4.78 is 1.75. The van der Waals surface area contributed by atoms with Gasteiger partial charge in [0.1, 0.15) is 5.69 Å². The molecule has 39 heavy (non-hydrogen) atoms. The topological polar surface area (TPSA) is 109 Å². The molecule has 0 bridgehead atoms. The maximum absolute atomic E-state index is 12.9. The minimum absolute atomic E-state index is 0.0339. The zero-order chi connectivity index (χ0) is 27.1. The summed E-state index contributed by atoms with van der Waals surface area (Å²) in [4.78, 5) is 37.3. The van der Waals surface area contributed by atoms with Crippen LogP contribution in [-0.4, -0.2) is 59.5 Å². The average molecular weight is 520 g/mol. The number of H-pyrrole nitrogens is 1. The van der Waals surface area contributed by atoms with Gasteiger partial charge in [0.05, 0.1) is 28.8 Å². The number of aryl methyl sites for hydroxylation is 2. The van der Waals surface area contributed by atoms with Gasteiger partial charge in [-0.05, 0) is 45.7 Å². The first-order chi connectivity index (χ1) is 18.9. The molecule has 4 aromatic heterocycles. The molecule has 0 saturated carbocycles. The normalized spacial score (nSPS) is 14.2. The standard InChI is InChI=1S/C30H29N7O2/c1-18-15-26(35-34-18)30(39)36-13-11-22(12-14-36)28-27(20(3)38)19(2)37-29(33-28)24(17-32-37)23-9-10-25(31-16-23)21-7-5-4-6-8-21/h4-10,15-17,22H,11-14H2,1-3H3,(H,34,35). The van der Waals surface area contributed by atoms with Gasteiger partial charge in [-0.2, -0.15) is 10.2 Å². The number of amides is 1. The highest BCUT2D eigenvalue weighted by Crippen LogP contribution is 2.34. The monoisotopic (exact) mass is 519 g/mol. The number of ketones is 1. The fraction of sp³-hybridized carbons (Fsp3) is 0.267. The lowest BCUT2D eigenvalue weighted by Gasteiger charge is -2.32. The number of likely N-dealkylation sites (tertiary alicyclic amines) is 1. The molecule has 1 amide bonds. The van der Waals surface area contributed by atoms with Crippen LogP contribution < -0.4 is 0 Å². The second-order valence-electron chi connectivity index (χ2n) is 10.1. The van der Waals surface area contributed by atoms with Crippen molar-refractivity contribution in [2.75, 3.05) is 13.1 Å². The van der Waals surface area contributed by atoms with Crippen LogP contribution in [0.2, 0.25) is 0 Å². The first-order valence-corrected chi connectivity index (χ1v) is 13.1. The fourth-order valence-corrected chi connectivity index (χ4v) is 5.47. The van der Waals surface area contributed by atoms with E-state index >= 15 is 0 Å². The van der Waals surface area contributed by atoms with Crippen molar-refractivity contribution >= 4 is 17.3 Å². The summed E-state index contributed by atoms with van der Waals surface area (Å²) in [5, 5.41) is 11.5. The zero-order valence-corrected chi connectivity index (χ0v) is 22.2. The fourth-order valence-electron chi connectivity index (χ4n) is 5.47. The molecule has 196 valence electrons. The molecule has 9 heteroatoms. The molecule has 5 heterocycles. The largest absolute Gasteiger partial charge is 0.337 e. The van der Waals surface area contributed by atoms with E-state index in [2.05, 4.69) is 20.3 Å². The van der Waals surface area contributed by atoms with Crippen molar-refractivity contribution in [1.29, 1.82) is 0 Å². The van der Waals surface area contributed by atoms with Crippen LogP contribution in [0.25, 0.3) is 28.0 Å². The van der Waals surface area contributed by atoms with Gasteiger partial charge in [-0.3, -0.25) is 19.7 Å². The lowest BCUT2D eigenvalue weighted by molar-refractivity contribution is 0.0705. The first kappa shape index (κ1) is 24.7. The predicted molar refractivity (Wildman–Crippen MR) is 148 cm³/mol. The quantitative estimate of drug-likeness (QED) is 0.327. The van der Waals surface area contributed by atoms with Gasteiger partial charge in [-0.1, -0.05) is 36.4 Å². The van der Waals surface area contributed by atoms with Crippen LogP contribution in [0.3, 0.4) is 0 Å². The van der Waals surface area contributed by atoms with Crippen molar-refractivity contribution in [3.8, 4) is 22.4 Å². The lowest BCUT2D eigenvalue weighted by Crippen LogP contribution is -2.38. The number of rotatable bonds is 5. The summed E-state index contributed by atoms with van der Waals surface area (Å²) in [5.41, 5.74) is 7.88. The highest BCUT2D eigenvalue weighted by atomic mass is 16.2. The number of nitrogens with zero attached hydrogens (tertiary/aromatic N) is 6. The predicted octanol–water partition coefficient (Wildman–Crippen LogP) is 5.02. The Kier molecular flexibility index (Phi) is 6.26. The number of aromatic nitrogens is 6. The molecule has 1 aliphatic heterocycles. The summed E-state index contributed by atoms with van der Waals surface area (Å²) in [7, 11) is 0. The lowest BCUT2D eigenvalue weighted by atomic mass is 9.88. The Hall–Kier alpha value is -4.66. The number of aromatic amines is 1. The van der Waals surface area contributed by atoms with E-state index < -0.39 is 0 Å². The van der Waals surface area contributed by atoms with Crippen LogP contribution in [0.4, 0.5) is 0 Å². The Morgan fingerprint density at radius 1 is 0.974 bits per heavy atom. The number of pyridine rings is 1. The van der Waals surface area contributed by atoms with Crippen molar-refractivity contribution in [3.05, 3.63) is 89.3 Å². The van der Waals surface area contributed by atoms with Gasteiger partial charge in [0.15, 0.2) is 11.4 Å². The molecule has 0 unspecified atom stereocenters. The summed E-state index contributed by atoms with van der Waals surface area (Å²) in [6, 6.07) is 15.8. The number of piperidine rings is 1. The van der Waals surface area contributed by atoms with Crippen LogP contribution >= 0.6 is 0 Å². The van der Waals surface area contributed by atoms with E-state index in [0.717, 1.165) is 52.3 Å². The SMILES string of the molecule is CC(=O)c1c(C2CCN(C(=O)c3cc(C)[nH]n3)CC2)nc2c(-c3ccc(-c4ccccc4)nc3)cnn2c1C. The van der Waals surface area contributed by atoms with Crippen LogP contribution in [0.15, 0.2) is 60.9 Å². The molecule has 6 rings (SSSR count). The van der Waals surface area contributed by atoms with Gasteiger partial charge in [0.2, 0.25) is 0 Å². The molecule has 0 radical (unpaired) electrons. The molecule has 1 saturated heterocycles. The van der Waals surface area contributed by atoms with Crippen molar-refractivity contribution in [1.82, 2.24) is 34.7 Å². The minimum atomic E-state index is -0.0753. The van der Waals surface area contributed by atoms with Crippen LogP contribution in [0.5, 0.6) is 0 Å². The minimum Gasteiger partial charge on any atom is -0.337 e. The summed E-state index contributed by atoms with van der Waals surface area (Å²) in [6.45, 7) is 6.53. The maximum atomic E-state index is 12.9. The second-order valence-corrected chi connectivity index (χ2v) is 10.1. The Balaban J connectivity index is 1.32. The highest BCUT2D eigenvalue weighted by Gasteiger charge is 2.30. The smallest absolute Gasteiger partial charge is 0.274 e. The number of nitrogens with one attached hydrogen (secondary N) is 1. The van der Waals surface area contributed by atoms with Gasteiger partial charge in [0, 0.05) is 47.6 Å². The number of carbonyl (C=O) groups excluding carboxylic acids is 2. The number of benzene rings is 1. The van der Waals surface area contributed by atoms with Crippen LogP contribution in [-0.2, 0) is 0 Å². The number of hydrogen-bond donors (Lipinski definition) is 1. The molecular formula is C30H29N7O2. The third-order valence-electron chi connectivity index (χ3n) is 7.50. The van der Waals surface area contributed by atoms with Crippen LogP contribution in [0.1, 0.15) is 63.6 Å². The molecule has 9 nitrogen and oxygen atoms in total. The van der Waals surface area contributed by atoms with Crippen molar-refractivity contribution in [3.63, 3.8) is 0 Å². The summed E-state index contributed by atoms with van der Waals surface area (Å²) >= 11 is 0. The van der Waals surface area contributed by atoms with Gasteiger partial charge < -0.3 is 4.90 Å². The number of fused-ring (bicyclic) bond motifs is 1. The third kappa shape index (κ3) is 4.50. The maximum Gasteiger partial charge on any atom is 0.274 e. The first-order valence-electron chi connectivity index (χ1n) is 13.1. The number of carbonyl (C=O) groups is 2. The molecule has 1 N–H and O–H groups in total. The molecule has 1 fully saturated rings. The third-order valence-corrected chi connectivity index (χ3v) is 7.50. The zero-order valence-electron chi connectivity index (χ0n) is 22.2. The molecule has 1 aromatic carbocycles. The van der Waals surface area contributed by atoms with E-state index in [9.17, 15) is 9.59 Å². The van der Waals surface area contributed by atoms with E-state index in [0.29, 0.717) is 30.0 Å². The van der Waals surface area contributed by atoms with Crippen molar-refractivity contribution in [2.24, 2.45) is 0 Å². The summed E-state index contributed by atoms with van der Waals surface area (Å²) in [5.74, 6) is -0.0547. The van der Waals surface area contributed by atoms with Gasteiger partial charge in [0.25, 0.3) is 5.91 Å². The van der Waals surface area contributed by atoms with Crippen molar-refractivity contribution in [2.45, 2.75) is 39.5 Å². The molecule has 5 aromatic rings. The number of hydrogen-bond acceptors (Lipinski definition) is 6. The van der Waals surface area contributed by atoms with E-state index in [-0.39, 0.29) is 17.6 Å². The summed E-state index contributed by atoms with van der Waals surface area (Å²) in [6.07, 6.45) is 5.06. The second kappa shape index (κ2) is 9.90. The van der Waals surface area contributed by atoms with E-state index in [1.165, 1.54) is 0 Å². The van der Waals surface area contributed by atoms with E-state index in [1.807, 2.05) is 67.4 Å².